The molecular weight excluding hydrogens is 462 g/mol. The van der Waals surface area contributed by atoms with E-state index in [2.05, 4.69) is 20.0 Å². The van der Waals surface area contributed by atoms with Gasteiger partial charge in [0.15, 0.2) is 11.5 Å². The average molecular weight is 486 g/mol. The molecule has 0 saturated carbocycles. The molecule has 34 heavy (non-hydrogen) atoms. The number of ether oxygens (including phenoxy) is 4. The molecule has 4 aromatic rings. The number of methoxy groups -OCH3 is 3. The quantitative estimate of drug-likeness (QED) is 0.336. The maximum Gasteiger partial charge on any atom is 0.240 e. The van der Waals surface area contributed by atoms with Gasteiger partial charge in [0.1, 0.15) is 23.9 Å². The SMILES string of the molecule is COc1ccc(S(=O)(=O)NCCOc2ccc3nnc(-c4cc(OC)ccc4OC)n3n2)cc1. The summed E-state index contributed by atoms with van der Waals surface area (Å²) in [5.41, 5.74) is 1.15. The molecule has 2 aromatic carbocycles. The normalized spacial score (nSPS) is 11.4. The summed E-state index contributed by atoms with van der Waals surface area (Å²) in [6.07, 6.45) is 0. The van der Waals surface area contributed by atoms with Gasteiger partial charge in [-0.3, -0.25) is 0 Å². The Balaban J connectivity index is 1.47. The van der Waals surface area contributed by atoms with Crippen molar-refractivity contribution >= 4 is 15.7 Å². The maximum absolute atomic E-state index is 12.4. The number of aromatic nitrogens is 4. The van der Waals surface area contributed by atoms with Gasteiger partial charge in [-0.25, -0.2) is 13.1 Å². The Morgan fingerprint density at radius 2 is 1.62 bits per heavy atom. The highest BCUT2D eigenvalue weighted by atomic mass is 32.2. The zero-order valence-electron chi connectivity index (χ0n) is 18.8. The molecule has 2 heterocycles. The van der Waals surface area contributed by atoms with E-state index < -0.39 is 10.0 Å². The van der Waals surface area contributed by atoms with Gasteiger partial charge in [-0.05, 0) is 48.5 Å². The van der Waals surface area contributed by atoms with Crippen molar-refractivity contribution in [2.45, 2.75) is 4.90 Å². The number of hydrogen-bond donors (Lipinski definition) is 1. The first kappa shape index (κ1) is 23.3. The van der Waals surface area contributed by atoms with Gasteiger partial charge in [-0.1, -0.05) is 0 Å². The molecule has 2 aromatic heterocycles. The van der Waals surface area contributed by atoms with Crippen molar-refractivity contribution in [3.05, 3.63) is 54.6 Å². The van der Waals surface area contributed by atoms with Crippen molar-refractivity contribution < 1.29 is 27.4 Å². The van der Waals surface area contributed by atoms with Gasteiger partial charge in [0.25, 0.3) is 0 Å². The predicted molar refractivity (Wildman–Crippen MR) is 123 cm³/mol. The molecule has 0 spiro atoms. The number of nitrogens with one attached hydrogen (secondary N) is 1. The lowest BCUT2D eigenvalue weighted by molar-refractivity contribution is 0.306. The second-order valence-corrected chi connectivity index (χ2v) is 8.72. The van der Waals surface area contributed by atoms with Crippen LogP contribution in [0.5, 0.6) is 23.1 Å². The molecule has 12 heteroatoms. The van der Waals surface area contributed by atoms with Crippen LogP contribution in [0.4, 0.5) is 0 Å². The minimum Gasteiger partial charge on any atom is -0.497 e. The van der Waals surface area contributed by atoms with E-state index in [1.54, 1.807) is 56.7 Å². The Hall–Kier alpha value is -3.90. The predicted octanol–water partition coefficient (Wildman–Crippen LogP) is 2.17. The highest BCUT2D eigenvalue weighted by molar-refractivity contribution is 7.89. The van der Waals surface area contributed by atoms with Gasteiger partial charge < -0.3 is 18.9 Å². The van der Waals surface area contributed by atoms with Gasteiger partial charge in [-0.15, -0.1) is 15.3 Å². The van der Waals surface area contributed by atoms with Crippen molar-refractivity contribution in [3.63, 3.8) is 0 Å². The standard InChI is InChI=1S/C22H23N5O6S/c1-30-15-4-7-17(8-5-15)34(28,29)23-12-13-33-21-11-10-20-24-25-22(27(20)26-21)18-14-16(31-2)6-9-19(18)32-3/h4-11,14,23H,12-13H2,1-3H3. The van der Waals surface area contributed by atoms with E-state index in [1.165, 1.54) is 23.8 Å². The van der Waals surface area contributed by atoms with Crippen molar-refractivity contribution in [1.29, 1.82) is 0 Å². The fourth-order valence-corrected chi connectivity index (χ4v) is 4.19. The maximum atomic E-state index is 12.4. The van der Waals surface area contributed by atoms with Crippen molar-refractivity contribution in [2.24, 2.45) is 0 Å². The lowest BCUT2D eigenvalue weighted by atomic mass is 10.2. The van der Waals surface area contributed by atoms with Crippen LogP contribution < -0.4 is 23.7 Å². The Morgan fingerprint density at radius 3 is 2.32 bits per heavy atom. The molecule has 1 N–H and O–H groups in total. The molecule has 0 amide bonds. The topological polar surface area (TPSA) is 126 Å². The number of sulfonamides is 1. The Labute approximate surface area is 196 Å². The summed E-state index contributed by atoms with van der Waals surface area (Å²) in [4.78, 5) is 0.134. The molecule has 0 atom stereocenters. The van der Waals surface area contributed by atoms with Crippen molar-refractivity contribution in [3.8, 4) is 34.5 Å². The van der Waals surface area contributed by atoms with E-state index in [0.29, 0.717) is 34.3 Å². The third-order valence-corrected chi connectivity index (χ3v) is 6.38. The first-order valence-corrected chi connectivity index (χ1v) is 11.6. The molecule has 0 aliphatic rings. The second kappa shape index (κ2) is 9.93. The van der Waals surface area contributed by atoms with E-state index in [0.717, 1.165) is 0 Å². The monoisotopic (exact) mass is 485 g/mol. The summed E-state index contributed by atoms with van der Waals surface area (Å²) >= 11 is 0. The lowest BCUT2D eigenvalue weighted by Gasteiger charge is -2.10. The van der Waals surface area contributed by atoms with E-state index in [4.69, 9.17) is 18.9 Å². The molecule has 0 radical (unpaired) electrons. The number of benzene rings is 2. The van der Waals surface area contributed by atoms with Crippen molar-refractivity contribution in [2.75, 3.05) is 34.5 Å². The molecule has 0 saturated heterocycles. The number of hydrogen-bond acceptors (Lipinski definition) is 9. The zero-order valence-corrected chi connectivity index (χ0v) is 19.6. The molecule has 4 rings (SSSR count). The highest BCUT2D eigenvalue weighted by Gasteiger charge is 2.17. The van der Waals surface area contributed by atoms with Gasteiger partial charge in [-0.2, -0.15) is 4.52 Å². The third kappa shape index (κ3) is 4.87. The molecule has 0 fully saturated rings. The fourth-order valence-electron chi connectivity index (χ4n) is 3.18. The number of fused-ring (bicyclic) bond motifs is 1. The van der Waals surface area contributed by atoms with E-state index >= 15 is 0 Å². The second-order valence-electron chi connectivity index (χ2n) is 6.95. The minimum absolute atomic E-state index is 0.0484. The first-order chi connectivity index (χ1) is 16.4. The molecule has 178 valence electrons. The molecule has 0 aliphatic heterocycles. The van der Waals surface area contributed by atoms with Crippen LogP contribution in [-0.4, -0.2) is 62.7 Å². The summed E-state index contributed by atoms with van der Waals surface area (Å²) in [6, 6.07) is 14.8. The van der Waals surface area contributed by atoms with Crippen LogP contribution in [0.3, 0.4) is 0 Å². The smallest absolute Gasteiger partial charge is 0.240 e. The lowest BCUT2D eigenvalue weighted by Crippen LogP contribution is -2.28. The Kier molecular flexibility index (Phi) is 6.80. The Bertz CT molecular complexity index is 1390. The highest BCUT2D eigenvalue weighted by Crippen LogP contribution is 2.32. The zero-order chi connectivity index (χ0) is 24.1. The summed E-state index contributed by atoms with van der Waals surface area (Å²) in [7, 11) is 0.964. The molecule has 11 nitrogen and oxygen atoms in total. The Morgan fingerprint density at radius 1 is 0.882 bits per heavy atom. The fraction of sp³-hybridized carbons (Fsp3) is 0.227. The van der Waals surface area contributed by atoms with Gasteiger partial charge in [0.05, 0.1) is 31.8 Å². The molecular formula is C22H23N5O6S. The molecule has 0 bridgehead atoms. The average Bonchev–Trinajstić information content (AvgIpc) is 3.29. The molecule has 0 unspecified atom stereocenters. The summed E-state index contributed by atoms with van der Waals surface area (Å²) in [6.45, 7) is 0.112. The van der Waals surface area contributed by atoms with Gasteiger partial charge >= 0.3 is 0 Å². The third-order valence-electron chi connectivity index (χ3n) is 4.90. The minimum atomic E-state index is -3.68. The van der Waals surface area contributed by atoms with Crippen LogP contribution in [0.25, 0.3) is 17.0 Å². The van der Waals surface area contributed by atoms with E-state index in [9.17, 15) is 8.42 Å². The van der Waals surface area contributed by atoms with Crippen molar-refractivity contribution in [1.82, 2.24) is 24.5 Å². The summed E-state index contributed by atoms with van der Waals surface area (Å²) < 4.78 is 50.3. The summed E-state index contributed by atoms with van der Waals surface area (Å²) in [5.74, 6) is 2.50. The van der Waals surface area contributed by atoms with Crippen LogP contribution in [0.1, 0.15) is 0 Å². The van der Waals surface area contributed by atoms with Crippen LogP contribution in [0.15, 0.2) is 59.5 Å². The molecule has 0 aliphatic carbocycles. The van der Waals surface area contributed by atoms with Crippen LogP contribution in [0, 0.1) is 0 Å². The number of rotatable bonds is 10. The van der Waals surface area contributed by atoms with E-state index in [-0.39, 0.29) is 23.9 Å². The first-order valence-electron chi connectivity index (χ1n) is 10.2. The van der Waals surface area contributed by atoms with Gasteiger partial charge in [0.2, 0.25) is 15.9 Å². The van der Waals surface area contributed by atoms with Gasteiger partial charge in [0, 0.05) is 12.6 Å². The van der Waals surface area contributed by atoms with Crippen LogP contribution in [-0.2, 0) is 10.0 Å². The summed E-state index contributed by atoms with van der Waals surface area (Å²) in [5, 5.41) is 12.8. The largest absolute Gasteiger partial charge is 0.497 e. The van der Waals surface area contributed by atoms with Crippen LogP contribution in [0.2, 0.25) is 0 Å². The van der Waals surface area contributed by atoms with E-state index in [1.807, 2.05) is 0 Å². The number of nitrogens with zero attached hydrogens (tertiary/aromatic N) is 4. The van der Waals surface area contributed by atoms with Crippen LogP contribution >= 0.6 is 0 Å².